The van der Waals surface area contributed by atoms with Crippen molar-refractivity contribution in [1.82, 2.24) is 9.97 Å². The van der Waals surface area contributed by atoms with Crippen LogP contribution in [0.3, 0.4) is 0 Å². The standard InChI is InChI=1S/C14H9BrN4O2S/c15-10-4-5-13(17-8-10)22(20,21)19-12-3-1-2-11-9(6-16)7-18-14(11)12/h1-5,7-8,18-19H. The maximum absolute atomic E-state index is 12.4. The number of fused-ring (bicyclic) bond motifs is 1. The van der Waals surface area contributed by atoms with Gasteiger partial charge in [-0.3, -0.25) is 4.72 Å². The first-order valence-electron chi connectivity index (χ1n) is 6.16. The highest BCUT2D eigenvalue weighted by atomic mass is 79.9. The summed E-state index contributed by atoms with van der Waals surface area (Å²) in [4.78, 5) is 6.80. The molecular formula is C14H9BrN4O2S. The predicted octanol–water partition coefficient (Wildman–Crippen LogP) is 3.00. The molecule has 0 bridgehead atoms. The number of aromatic nitrogens is 2. The van der Waals surface area contributed by atoms with E-state index >= 15 is 0 Å². The Morgan fingerprint density at radius 3 is 2.77 bits per heavy atom. The Hall–Kier alpha value is -2.37. The van der Waals surface area contributed by atoms with Crippen LogP contribution >= 0.6 is 15.9 Å². The lowest BCUT2D eigenvalue weighted by Crippen LogP contribution is -2.14. The van der Waals surface area contributed by atoms with Crippen molar-refractivity contribution in [3.05, 3.63) is 52.8 Å². The number of H-pyrrole nitrogens is 1. The second-order valence-electron chi connectivity index (χ2n) is 4.46. The van der Waals surface area contributed by atoms with E-state index in [1.807, 2.05) is 0 Å². The maximum Gasteiger partial charge on any atom is 0.279 e. The van der Waals surface area contributed by atoms with Crippen LogP contribution in [0.4, 0.5) is 5.69 Å². The third kappa shape index (κ3) is 2.56. The third-order valence-corrected chi connectivity index (χ3v) is 4.81. The van der Waals surface area contributed by atoms with Gasteiger partial charge in [0.2, 0.25) is 0 Å². The molecule has 2 aromatic heterocycles. The molecule has 0 aliphatic carbocycles. The average Bonchev–Trinajstić information content (AvgIpc) is 2.91. The van der Waals surface area contributed by atoms with Crippen LogP contribution < -0.4 is 4.72 Å². The molecule has 2 heterocycles. The summed E-state index contributed by atoms with van der Waals surface area (Å²) in [5.74, 6) is 0. The summed E-state index contributed by atoms with van der Waals surface area (Å²) >= 11 is 3.21. The minimum absolute atomic E-state index is 0.0836. The summed E-state index contributed by atoms with van der Waals surface area (Å²) in [7, 11) is -3.80. The summed E-state index contributed by atoms with van der Waals surface area (Å²) < 4.78 is 27.9. The highest BCUT2D eigenvalue weighted by Crippen LogP contribution is 2.26. The van der Waals surface area contributed by atoms with Crippen LogP contribution in [0.5, 0.6) is 0 Å². The van der Waals surface area contributed by atoms with E-state index in [0.29, 0.717) is 26.6 Å². The van der Waals surface area contributed by atoms with Crippen molar-refractivity contribution in [3.63, 3.8) is 0 Å². The molecular weight excluding hydrogens is 368 g/mol. The number of rotatable bonds is 3. The molecule has 22 heavy (non-hydrogen) atoms. The molecule has 0 aliphatic heterocycles. The van der Waals surface area contributed by atoms with Gasteiger partial charge in [0.25, 0.3) is 10.0 Å². The van der Waals surface area contributed by atoms with Crippen molar-refractivity contribution in [1.29, 1.82) is 5.26 Å². The number of hydrogen-bond donors (Lipinski definition) is 2. The molecule has 0 spiro atoms. The molecule has 0 aliphatic rings. The Morgan fingerprint density at radius 1 is 1.27 bits per heavy atom. The second-order valence-corrected chi connectivity index (χ2v) is 7.01. The molecule has 0 radical (unpaired) electrons. The van der Waals surface area contributed by atoms with Crippen LogP contribution in [0.1, 0.15) is 5.56 Å². The number of pyridine rings is 1. The summed E-state index contributed by atoms with van der Waals surface area (Å²) in [5.41, 5.74) is 1.38. The lowest BCUT2D eigenvalue weighted by Gasteiger charge is -2.08. The molecule has 0 saturated heterocycles. The van der Waals surface area contributed by atoms with E-state index in [1.54, 1.807) is 30.5 Å². The first-order chi connectivity index (χ1) is 10.5. The fraction of sp³-hybridized carbons (Fsp3) is 0. The van der Waals surface area contributed by atoms with Crippen LogP contribution in [-0.4, -0.2) is 18.4 Å². The number of hydrogen-bond acceptors (Lipinski definition) is 4. The monoisotopic (exact) mass is 376 g/mol. The first-order valence-corrected chi connectivity index (χ1v) is 8.43. The van der Waals surface area contributed by atoms with E-state index in [0.717, 1.165) is 0 Å². The Balaban J connectivity index is 2.04. The molecule has 0 saturated carbocycles. The summed E-state index contributed by atoms with van der Waals surface area (Å²) in [5, 5.41) is 9.60. The zero-order valence-corrected chi connectivity index (χ0v) is 13.4. The largest absolute Gasteiger partial charge is 0.358 e. The lowest BCUT2D eigenvalue weighted by molar-refractivity contribution is 0.597. The zero-order chi connectivity index (χ0) is 15.7. The van der Waals surface area contributed by atoms with Crippen LogP contribution in [0.2, 0.25) is 0 Å². The molecule has 6 nitrogen and oxygen atoms in total. The minimum atomic E-state index is -3.80. The number of para-hydroxylation sites is 1. The number of anilines is 1. The quantitative estimate of drug-likeness (QED) is 0.733. The first kappa shape index (κ1) is 14.6. The number of nitrogens with zero attached hydrogens (tertiary/aromatic N) is 2. The highest BCUT2D eigenvalue weighted by Gasteiger charge is 2.18. The average molecular weight is 377 g/mol. The van der Waals surface area contributed by atoms with Gasteiger partial charge in [-0.25, -0.2) is 4.98 Å². The zero-order valence-electron chi connectivity index (χ0n) is 11.0. The van der Waals surface area contributed by atoms with Crippen LogP contribution in [-0.2, 0) is 10.0 Å². The van der Waals surface area contributed by atoms with E-state index in [9.17, 15) is 8.42 Å². The fourth-order valence-corrected chi connectivity index (χ4v) is 3.29. The number of benzene rings is 1. The summed E-state index contributed by atoms with van der Waals surface area (Å²) in [6.45, 7) is 0. The third-order valence-electron chi connectivity index (χ3n) is 3.06. The Morgan fingerprint density at radius 2 is 2.09 bits per heavy atom. The molecule has 110 valence electrons. The topological polar surface area (TPSA) is 98.6 Å². The van der Waals surface area contributed by atoms with Crippen molar-refractivity contribution in [3.8, 4) is 6.07 Å². The van der Waals surface area contributed by atoms with Gasteiger partial charge in [-0.1, -0.05) is 12.1 Å². The molecule has 0 atom stereocenters. The van der Waals surface area contributed by atoms with Gasteiger partial charge in [0.15, 0.2) is 5.03 Å². The molecule has 1 aromatic carbocycles. The number of nitrogens with one attached hydrogen (secondary N) is 2. The molecule has 0 amide bonds. The fourth-order valence-electron chi connectivity index (χ4n) is 2.05. The molecule has 0 fully saturated rings. The lowest BCUT2D eigenvalue weighted by atomic mass is 10.2. The van der Waals surface area contributed by atoms with E-state index in [4.69, 9.17) is 5.26 Å². The summed E-state index contributed by atoms with van der Waals surface area (Å²) in [6, 6.07) is 10.1. The van der Waals surface area contributed by atoms with Crippen molar-refractivity contribution >= 4 is 42.5 Å². The highest BCUT2D eigenvalue weighted by molar-refractivity contribution is 9.10. The van der Waals surface area contributed by atoms with E-state index in [-0.39, 0.29) is 5.03 Å². The SMILES string of the molecule is N#Cc1c[nH]c2c(NS(=O)(=O)c3ccc(Br)cn3)cccc12. The van der Waals surface area contributed by atoms with Crippen molar-refractivity contribution in [2.45, 2.75) is 5.03 Å². The molecule has 3 rings (SSSR count). The van der Waals surface area contributed by atoms with E-state index in [1.165, 1.54) is 12.3 Å². The van der Waals surface area contributed by atoms with Gasteiger partial charge in [0.05, 0.1) is 16.8 Å². The summed E-state index contributed by atoms with van der Waals surface area (Å²) in [6.07, 6.45) is 2.96. The van der Waals surface area contributed by atoms with Gasteiger partial charge in [-0.05, 0) is 34.1 Å². The van der Waals surface area contributed by atoms with Crippen LogP contribution in [0, 0.1) is 11.3 Å². The Bertz CT molecular complexity index is 988. The van der Waals surface area contributed by atoms with Gasteiger partial charge >= 0.3 is 0 Å². The van der Waals surface area contributed by atoms with Gasteiger partial charge in [0, 0.05) is 22.3 Å². The minimum Gasteiger partial charge on any atom is -0.358 e. The van der Waals surface area contributed by atoms with Crippen molar-refractivity contribution in [2.24, 2.45) is 0 Å². The van der Waals surface area contributed by atoms with Crippen molar-refractivity contribution < 1.29 is 8.42 Å². The Labute approximate surface area is 135 Å². The number of sulfonamides is 1. The predicted molar refractivity (Wildman–Crippen MR) is 85.8 cm³/mol. The maximum atomic E-state index is 12.4. The smallest absolute Gasteiger partial charge is 0.279 e. The van der Waals surface area contributed by atoms with Crippen LogP contribution in [0.25, 0.3) is 10.9 Å². The Kier molecular flexibility index (Phi) is 3.60. The van der Waals surface area contributed by atoms with Gasteiger partial charge in [-0.15, -0.1) is 0 Å². The normalized spacial score (nSPS) is 11.3. The molecule has 0 unspecified atom stereocenters. The number of aromatic amines is 1. The second kappa shape index (κ2) is 5.44. The van der Waals surface area contributed by atoms with Crippen LogP contribution in [0.15, 0.2) is 52.2 Å². The van der Waals surface area contributed by atoms with E-state index in [2.05, 4.69) is 36.7 Å². The van der Waals surface area contributed by atoms with Crippen molar-refractivity contribution in [2.75, 3.05) is 4.72 Å². The number of nitriles is 1. The number of halogens is 1. The van der Waals surface area contributed by atoms with Gasteiger partial charge in [0.1, 0.15) is 6.07 Å². The van der Waals surface area contributed by atoms with Gasteiger partial charge < -0.3 is 4.98 Å². The van der Waals surface area contributed by atoms with E-state index < -0.39 is 10.0 Å². The molecule has 8 heteroatoms. The molecule has 3 aromatic rings. The van der Waals surface area contributed by atoms with Gasteiger partial charge in [-0.2, -0.15) is 13.7 Å². The molecule has 2 N–H and O–H groups in total.